The van der Waals surface area contributed by atoms with E-state index in [1.807, 2.05) is 23.6 Å². The average molecular weight is 316 g/mol. The minimum absolute atomic E-state index is 0.120. The van der Waals surface area contributed by atoms with Crippen molar-refractivity contribution in [3.05, 3.63) is 24.4 Å². The Balaban J connectivity index is 2.70. The van der Waals surface area contributed by atoms with Crippen molar-refractivity contribution in [1.82, 2.24) is 4.57 Å². The molecule has 0 N–H and O–H groups in total. The van der Waals surface area contributed by atoms with Gasteiger partial charge in [-0.15, -0.1) is 0 Å². The van der Waals surface area contributed by atoms with Gasteiger partial charge in [0.15, 0.2) is 0 Å². The van der Waals surface area contributed by atoms with Crippen molar-refractivity contribution in [2.24, 2.45) is 0 Å². The number of fused-ring (bicyclic) bond motifs is 1. The summed E-state index contributed by atoms with van der Waals surface area (Å²) in [7, 11) is 1.76. The third-order valence-electron chi connectivity index (χ3n) is 3.15. The lowest BCUT2D eigenvalue weighted by Gasteiger charge is -2.07. The molecule has 1 heterocycles. The molecular formula is C14H18ClNO3S. The Morgan fingerprint density at radius 1 is 1.30 bits per heavy atom. The lowest BCUT2D eigenvalue weighted by Crippen LogP contribution is -1.96. The molecule has 1 aromatic heterocycles. The molecule has 2 rings (SSSR count). The molecule has 0 saturated heterocycles. The van der Waals surface area contributed by atoms with Crippen LogP contribution < -0.4 is 4.74 Å². The molecule has 4 nitrogen and oxygen atoms in total. The summed E-state index contributed by atoms with van der Waals surface area (Å²) in [5.74, 6) is 0.555. The predicted molar refractivity (Wildman–Crippen MR) is 81.1 cm³/mol. The summed E-state index contributed by atoms with van der Waals surface area (Å²) in [5, 5.41) is 0.570. The molecule has 0 unspecified atom stereocenters. The van der Waals surface area contributed by atoms with E-state index in [4.69, 9.17) is 15.4 Å². The molecule has 0 aliphatic rings. The molecule has 2 aromatic rings. The highest BCUT2D eigenvalue weighted by Gasteiger charge is 2.21. The van der Waals surface area contributed by atoms with E-state index in [2.05, 4.69) is 6.92 Å². The molecule has 1 aromatic carbocycles. The largest absolute Gasteiger partial charge is 0.493 e. The van der Waals surface area contributed by atoms with Crippen LogP contribution in [0.5, 0.6) is 5.75 Å². The third-order valence-corrected chi connectivity index (χ3v) is 4.48. The lowest BCUT2D eigenvalue weighted by molar-refractivity contribution is 0.344. The fourth-order valence-electron chi connectivity index (χ4n) is 2.26. The van der Waals surface area contributed by atoms with Crippen LogP contribution in [0.1, 0.15) is 26.7 Å². The third kappa shape index (κ3) is 2.94. The Labute approximate surface area is 123 Å². The zero-order chi connectivity index (χ0) is 14.8. The van der Waals surface area contributed by atoms with Crippen LogP contribution >= 0.6 is 10.7 Å². The van der Waals surface area contributed by atoms with Crippen molar-refractivity contribution < 1.29 is 13.2 Å². The zero-order valence-corrected chi connectivity index (χ0v) is 13.2. The summed E-state index contributed by atoms with van der Waals surface area (Å²) in [6, 6.07) is 5.51. The van der Waals surface area contributed by atoms with Gasteiger partial charge in [-0.05, 0) is 25.5 Å². The molecule has 20 heavy (non-hydrogen) atoms. The van der Waals surface area contributed by atoms with Crippen molar-refractivity contribution in [3.63, 3.8) is 0 Å². The van der Waals surface area contributed by atoms with Gasteiger partial charge in [0.1, 0.15) is 10.6 Å². The van der Waals surface area contributed by atoms with Gasteiger partial charge in [0.2, 0.25) is 0 Å². The average Bonchev–Trinajstić information content (AvgIpc) is 2.76. The van der Waals surface area contributed by atoms with E-state index in [0.717, 1.165) is 24.9 Å². The van der Waals surface area contributed by atoms with Crippen molar-refractivity contribution in [1.29, 1.82) is 0 Å². The first kappa shape index (κ1) is 15.2. The molecule has 0 amide bonds. The topological polar surface area (TPSA) is 48.3 Å². The first-order valence-corrected chi connectivity index (χ1v) is 8.99. The summed E-state index contributed by atoms with van der Waals surface area (Å²) in [6.45, 7) is 5.19. The summed E-state index contributed by atoms with van der Waals surface area (Å²) in [6.07, 6.45) is 3.61. The molecule has 0 bridgehead atoms. The van der Waals surface area contributed by atoms with Crippen LogP contribution in [0.25, 0.3) is 10.9 Å². The van der Waals surface area contributed by atoms with Crippen LogP contribution in [0.15, 0.2) is 29.3 Å². The molecule has 0 aliphatic carbocycles. The number of ether oxygens (including phenoxy) is 1. The van der Waals surface area contributed by atoms with Gasteiger partial charge < -0.3 is 9.30 Å². The molecule has 0 aliphatic heterocycles. The first-order chi connectivity index (χ1) is 9.49. The van der Waals surface area contributed by atoms with E-state index < -0.39 is 9.05 Å². The Hall–Kier alpha value is -1.20. The Morgan fingerprint density at radius 2 is 2.05 bits per heavy atom. The molecule has 0 spiro atoms. The number of unbranched alkanes of at least 4 members (excludes halogenated alkanes) is 1. The van der Waals surface area contributed by atoms with Gasteiger partial charge in [-0.1, -0.05) is 19.4 Å². The van der Waals surface area contributed by atoms with Crippen LogP contribution in [-0.2, 0) is 15.6 Å². The van der Waals surface area contributed by atoms with Gasteiger partial charge >= 0.3 is 0 Å². The number of benzene rings is 1. The molecule has 0 radical (unpaired) electrons. The maximum absolute atomic E-state index is 11.8. The van der Waals surface area contributed by atoms with Crippen molar-refractivity contribution in [3.8, 4) is 5.75 Å². The van der Waals surface area contributed by atoms with Crippen molar-refractivity contribution in [2.45, 2.75) is 38.1 Å². The van der Waals surface area contributed by atoms with E-state index in [9.17, 15) is 8.42 Å². The lowest BCUT2D eigenvalue weighted by atomic mass is 10.2. The second-order valence-corrected chi connectivity index (χ2v) is 7.10. The molecule has 0 fully saturated rings. The Bertz CT molecular complexity index is 707. The van der Waals surface area contributed by atoms with Crippen LogP contribution in [0.2, 0.25) is 0 Å². The number of nitrogens with zero attached hydrogens (tertiary/aromatic N) is 1. The van der Waals surface area contributed by atoms with E-state index in [1.165, 1.54) is 0 Å². The van der Waals surface area contributed by atoms with E-state index >= 15 is 0 Å². The van der Waals surface area contributed by atoms with Crippen LogP contribution in [0.4, 0.5) is 0 Å². The number of hydrogen-bond acceptors (Lipinski definition) is 3. The van der Waals surface area contributed by atoms with Crippen molar-refractivity contribution >= 4 is 30.6 Å². The number of aryl methyl sites for hydroxylation is 1. The Kier molecular flexibility index (Phi) is 4.60. The fourth-order valence-corrected chi connectivity index (χ4v) is 3.31. The molecule has 0 atom stereocenters. The fraction of sp³-hybridized carbons (Fsp3) is 0.429. The molecule has 0 saturated carbocycles. The maximum atomic E-state index is 11.8. The van der Waals surface area contributed by atoms with Crippen LogP contribution in [0.3, 0.4) is 0 Å². The highest BCUT2D eigenvalue weighted by molar-refractivity contribution is 8.14. The second-order valence-electron chi connectivity index (χ2n) is 4.56. The smallest absolute Gasteiger partial charge is 0.263 e. The molecular weight excluding hydrogens is 298 g/mol. The van der Waals surface area contributed by atoms with Crippen molar-refractivity contribution in [2.75, 3.05) is 6.61 Å². The highest BCUT2D eigenvalue weighted by Crippen LogP contribution is 2.35. The van der Waals surface area contributed by atoms with Gasteiger partial charge in [0, 0.05) is 23.4 Å². The Morgan fingerprint density at radius 3 is 2.65 bits per heavy atom. The number of hydrogen-bond donors (Lipinski definition) is 0. The summed E-state index contributed by atoms with van der Waals surface area (Å²) in [5.41, 5.74) is 0.837. The highest BCUT2D eigenvalue weighted by atomic mass is 35.7. The van der Waals surface area contributed by atoms with Crippen LogP contribution in [0, 0.1) is 0 Å². The van der Waals surface area contributed by atoms with Gasteiger partial charge in [-0.2, -0.15) is 0 Å². The maximum Gasteiger partial charge on any atom is 0.263 e. The molecule has 6 heteroatoms. The monoisotopic (exact) mass is 315 g/mol. The number of aromatic nitrogens is 1. The minimum atomic E-state index is -3.80. The number of rotatable bonds is 6. The van der Waals surface area contributed by atoms with E-state index in [0.29, 0.717) is 17.7 Å². The van der Waals surface area contributed by atoms with Crippen LogP contribution in [-0.4, -0.2) is 19.6 Å². The molecule has 110 valence electrons. The summed E-state index contributed by atoms with van der Waals surface area (Å²) < 4.78 is 31.0. The summed E-state index contributed by atoms with van der Waals surface area (Å²) >= 11 is 0. The quantitative estimate of drug-likeness (QED) is 0.762. The zero-order valence-electron chi connectivity index (χ0n) is 11.6. The summed E-state index contributed by atoms with van der Waals surface area (Å²) in [4.78, 5) is 0.120. The SMILES string of the molecule is CCCCn1cc(S(=O)(=O)Cl)c2c(OCC)cccc21. The standard InChI is InChI=1S/C14H18ClNO3S/c1-3-5-9-16-10-13(20(15,17)18)14-11(16)7-6-8-12(14)19-4-2/h6-8,10H,3-5,9H2,1-2H3. The van der Waals surface area contributed by atoms with Gasteiger partial charge in [-0.25, -0.2) is 8.42 Å². The van der Waals surface area contributed by atoms with E-state index in [1.54, 1.807) is 12.3 Å². The first-order valence-electron chi connectivity index (χ1n) is 6.68. The normalized spacial score (nSPS) is 11.9. The van der Waals surface area contributed by atoms with E-state index in [-0.39, 0.29) is 4.90 Å². The number of halogens is 1. The van der Waals surface area contributed by atoms with Gasteiger partial charge in [-0.3, -0.25) is 0 Å². The second kappa shape index (κ2) is 6.06. The van der Waals surface area contributed by atoms with Gasteiger partial charge in [0.25, 0.3) is 9.05 Å². The minimum Gasteiger partial charge on any atom is -0.493 e. The predicted octanol–water partition coefficient (Wildman–Crippen LogP) is 3.77. The van der Waals surface area contributed by atoms with Gasteiger partial charge in [0.05, 0.1) is 17.5 Å².